The van der Waals surface area contributed by atoms with Crippen molar-refractivity contribution < 1.29 is 28.6 Å². The maximum atomic E-state index is 14.0. The molecule has 32 heavy (non-hydrogen) atoms. The Morgan fingerprint density at radius 2 is 1.88 bits per heavy atom. The van der Waals surface area contributed by atoms with Crippen molar-refractivity contribution >= 4 is 17.4 Å². The second-order valence-corrected chi connectivity index (χ2v) is 7.77. The number of halogens is 1. The summed E-state index contributed by atoms with van der Waals surface area (Å²) in [5.41, 5.74) is 0.494. The Morgan fingerprint density at radius 3 is 2.53 bits per heavy atom. The minimum Gasteiger partial charge on any atom is -0.507 e. The van der Waals surface area contributed by atoms with Crippen LogP contribution in [0.3, 0.4) is 0 Å². The number of aliphatic hydroxyl groups excluding tert-OH is 1. The zero-order valence-corrected chi connectivity index (χ0v) is 18.6. The Hall–Kier alpha value is -3.39. The molecule has 0 spiro atoms. The van der Waals surface area contributed by atoms with E-state index in [1.54, 1.807) is 24.3 Å². The molecular formula is C24H27FN2O5. The average molecular weight is 442 g/mol. The number of aliphatic hydroxyl groups is 1. The Bertz CT molecular complexity index is 1050. The maximum Gasteiger partial charge on any atom is 0.295 e. The number of ether oxygens (including phenoxy) is 2. The summed E-state index contributed by atoms with van der Waals surface area (Å²) in [6, 6.07) is 9.75. The Balaban J connectivity index is 2.17. The van der Waals surface area contributed by atoms with Crippen LogP contribution in [0.2, 0.25) is 0 Å². The lowest BCUT2D eigenvalue weighted by Crippen LogP contribution is -2.32. The van der Waals surface area contributed by atoms with Crippen molar-refractivity contribution in [1.29, 1.82) is 0 Å². The van der Waals surface area contributed by atoms with E-state index < -0.39 is 29.3 Å². The molecule has 8 heteroatoms. The van der Waals surface area contributed by atoms with Gasteiger partial charge in [-0.2, -0.15) is 0 Å². The van der Waals surface area contributed by atoms with Gasteiger partial charge in [-0.25, -0.2) is 4.39 Å². The molecule has 1 N–H and O–H groups in total. The molecule has 1 aliphatic heterocycles. The van der Waals surface area contributed by atoms with Gasteiger partial charge in [0, 0.05) is 6.54 Å². The van der Waals surface area contributed by atoms with Crippen LogP contribution in [0.4, 0.5) is 4.39 Å². The standard InChI is InChI=1S/C24H27FN2O5/c1-26(2)11-6-12-27-21(15-7-5-8-17(13-15)31-3)20(23(29)24(27)30)22(28)18-14-16(25)9-10-19(18)32-4/h5,7-10,13-14,21,28H,6,11-12H2,1-4H3/b22-20+/t21-/m0/s1. The molecule has 0 bridgehead atoms. The summed E-state index contributed by atoms with van der Waals surface area (Å²) >= 11 is 0. The third-order valence-corrected chi connectivity index (χ3v) is 5.37. The first-order valence-corrected chi connectivity index (χ1v) is 10.2. The molecule has 3 rings (SSSR count). The third kappa shape index (κ3) is 4.60. The predicted octanol–water partition coefficient (Wildman–Crippen LogP) is 3.22. The largest absolute Gasteiger partial charge is 0.507 e. The van der Waals surface area contributed by atoms with E-state index >= 15 is 0 Å². The van der Waals surface area contributed by atoms with Gasteiger partial charge in [0.15, 0.2) is 0 Å². The number of likely N-dealkylation sites (tertiary alicyclic amines) is 1. The van der Waals surface area contributed by atoms with Crippen LogP contribution < -0.4 is 9.47 Å². The van der Waals surface area contributed by atoms with Crippen LogP contribution in [0.5, 0.6) is 11.5 Å². The van der Waals surface area contributed by atoms with Gasteiger partial charge in [0.25, 0.3) is 11.7 Å². The molecule has 1 atom stereocenters. The highest BCUT2D eigenvalue weighted by Gasteiger charge is 2.46. The quantitative estimate of drug-likeness (QED) is 0.384. The smallest absolute Gasteiger partial charge is 0.295 e. The van der Waals surface area contributed by atoms with Gasteiger partial charge in [-0.3, -0.25) is 9.59 Å². The number of ketones is 1. The molecule has 0 aliphatic carbocycles. The SMILES string of the molecule is COc1cccc([C@H]2/C(=C(\O)c3cc(F)ccc3OC)C(=O)C(=O)N2CCCN(C)C)c1. The minimum absolute atomic E-state index is 0.00619. The number of hydrogen-bond acceptors (Lipinski definition) is 6. The van der Waals surface area contributed by atoms with Crippen molar-refractivity contribution in [3.63, 3.8) is 0 Å². The lowest BCUT2D eigenvalue weighted by molar-refractivity contribution is -0.139. The van der Waals surface area contributed by atoms with Crippen LogP contribution in [-0.4, -0.2) is 68.0 Å². The predicted molar refractivity (Wildman–Crippen MR) is 118 cm³/mol. The normalized spacial score (nSPS) is 17.8. The summed E-state index contributed by atoms with van der Waals surface area (Å²) in [6.45, 7) is 1.02. The fourth-order valence-electron chi connectivity index (χ4n) is 3.84. The number of Topliss-reactive ketones (excluding diaryl/α,β-unsaturated/α-hetero) is 1. The first-order chi connectivity index (χ1) is 15.3. The Kier molecular flexibility index (Phi) is 7.15. The van der Waals surface area contributed by atoms with Crippen molar-refractivity contribution in [1.82, 2.24) is 9.80 Å². The van der Waals surface area contributed by atoms with Crippen LogP contribution in [-0.2, 0) is 9.59 Å². The van der Waals surface area contributed by atoms with Gasteiger partial charge in [0.1, 0.15) is 23.1 Å². The van der Waals surface area contributed by atoms with Gasteiger partial charge < -0.3 is 24.4 Å². The van der Waals surface area contributed by atoms with Crippen molar-refractivity contribution in [2.24, 2.45) is 0 Å². The van der Waals surface area contributed by atoms with E-state index in [0.29, 0.717) is 30.8 Å². The first-order valence-electron chi connectivity index (χ1n) is 10.2. The lowest BCUT2D eigenvalue weighted by atomic mass is 9.94. The van der Waals surface area contributed by atoms with E-state index in [2.05, 4.69) is 0 Å². The molecule has 1 fully saturated rings. The average Bonchev–Trinajstić information content (AvgIpc) is 3.03. The molecule has 2 aromatic rings. The summed E-state index contributed by atoms with van der Waals surface area (Å²) in [5.74, 6) is -1.90. The molecule has 0 saturated carbocycles. The van der Waals surface area contributed by atoms with Crippen molar-refractivity contribution in [3.05, 3.63) is 65.0 Å². The molecule has 0 unspecified atom stereocenters. The number of benzene rings is 2. The van der Waals surface area contributed by atoms with E-state index in [1.165, 1.54) is 31.3 Å². The van der Waals surface area contributed by atoms with E-state index in [1.807, 2.05) is 19.0 Å². The summed E-state index contributed by atoms with van der Waals surface area (Å²) in [4.78, 5) is 29.5. The molecule has 1 heterocycles. The van der Waals surface area contributed by atoms with Gasteiger partial charge >= 0.3 is 0 Å². The molecule has 7 nitrogen and oxygen atoms in total. The monoisotopic (exact) mass is 442 g/mol. The molecule has 0 radical (unpaired) electrons. The van der Waals surface area contributed by atoms with Gasteiger partial charge in [0.05, 0.1) is 31.4 Å². The molecule has 1 saturated heterocycles. The second kappa shape index (κ2) is 9.82. The van der Waals surface area contributed by atoms with Gasteiger partial charge in [-0.1, -0.05) is 12.1 Å². The van der Waals surface area contributed by atoms with Gasteiger partial charge in [0.2, 0.25) is 0 Å². The van der Waals surface area contributed by atoms with Gasteiger partial charge in [-0.05, 0) is 63.0 Å². The van der Waals surface area contributed by atoms with Crippen molar-refractivity contribution in [3.8, 4) is 11.5 Å². The number of rotatable bonds is 8. The zero-order valence-electron chi connectivity index (χ0n) is 18.6. The van der Waals surface area contributed by atoms with Crippen molar-refractivity contribution in [2.45, 2.75) is 12.5 Å². The molecule has 2 aromatic carbocycles. The number of nitrogens with zero attached hydrogens (tertiary/aromatic N) is 2. The highest BCUT2D eigenvalue weighted by Crippen LogP contribution is 2.41. The second-order valence-electron chi connectivity index (χ2n) is 7.77. The summed E-state index contributed by atoms with van der Waals surface area (Å²) < 4.78 is 24.5. The number of amides is 1. The number of carbonyl (C=O) groups is 2. The number of hydrogen-bond donors (Lipinski definition) is 1. The molecule has 170 valence electrons. The number of carbonyl (C=O) groups excluding carboxylic acids is 2. The van der Waals surface area contributed by atoms with E-state index in [-0.39, 0.29) is 16.9 Å². The van der Waals surface area contributed by atoms with E-state index in [4.69, 9.17) is 9.47 Å². The van der Waals surface area contributed by atoms with Gasteiger partial charge in [-0.15, -0.1) is 0 Å². The summed E-state index contributed by atoms with van der Waals surface area (Å²) in [5, 5.41) is 11.1. The first kappa shape index (κ1) is 23.3. The minimum atomic E-state index is -0.847. The summed E-state index contributed by atoms with van der Waals surface area (Å²) in [7, 11) is 6.74. The van der Waals surface area contributed by atoms with E-state index in [9.17, 15) is 19.1 Å². The highest BCUT2D eigenvalue weighted by atomic mass is 19.1. The van der Waals surface area contributed by atoms with Crippen LogP contribution in [0.25, 0.3) is 5.76 Å². The molecule has 1 amide bonds. The fraction of sp³-hybridized carbons (Fsp3) is 0.333. The highest BCUT2D eigenvalue weighted by molar-refractivity contribution is 6.46. The fourth-order valence-corrected chi connectivity index (χ4v) is 3.84. The Morgan fingerprint density at radius 1 is 1.12 bits per heavy atom. The topological polar surface area (TPSA) is 79.3 Å². The van der Waals surface area contributed by atoms with Crippen molar-refractivity contribution in [2.75, 3.05) is 41.4 Å². The van der Waals surface area contributed by atoms with E-state index in [0.717, 1.165) is 6.07 Å². The van der Waals surface area contributed by atoms with Crippen LogP contribution in [0.15, 0.2) is 48.0 Å². The summed E-state index contributed by atoms with van der Waals surface area (Å²) in [6.07, 6.45) is 0.629. The Labute approximate surface area is 186 Å². The molecule has 1 aliphatic rings. The third-order valence-electron chi connectivity index (χ3n) is 5.37. The molecule has 0 aromatic heterocycles. The van der Waals surface area contributed by atoms with Crippen LogP contribution >= 0.6 is 0 Å². The number of methoxy groups -OCH3 is 2. The van der Waals surface area contributed by atoms with Crippen LogP contribution in [0.1, 0.15) is 23.6 Å². The molecular weight excluding hydrogens is 415 g/mol. The maximum absolute atomic E-state index is 14.0. The van der Waals surface area contributed by atoms with Crippen LogP contribution in [0, 0.1) is 5.82 Å². The zero-order chi connectivity index (χ0) is 23.4. The lowest BCUT2D eigenvalue weighted by Gasteiger charge is -2.26.